The SMILES string of the molecule is CCCC(C)N1CCCC1.CCCC(C)N1CCCC1.Cl.Cl.Cl. The van der Waals surface area contributed by atoms with Crippen LogP contribution in [0.5, 0.6) is 0 Å². The fourth-order valence-corrected chi connectivity index (χ4v) is 3.57. The van der Waals surface area contributed by atoms with Gasteiger partial charge in [0, 0.05) is 12.1 Å². The summed E-state index contributed by atoms with van der Waals surface area (Å²) in [6, 6.07) is 1.68. The Balaban J connectivity index is -0.000000308. The van der Waals surface area contributed by atoms with E-state index >= 15 is 0 Å². The van der Waals surface area contributed by atoms with Crippen molar-refractivity contribution in [2.45, 2.75) is 91.1 Å². The molecule has 2 heterocycles. The van der Waals surface area contributed by atoms with Gasteiger partial charge in [-0.3, -0.25) is 0 Å². The molecule has 2 rings (SSSR count). The van der Waals surface area contributed by atoms with Gasteiger partial charge in [-0.1, -0.05) is 26.7 Å². The Bertz CT molecular complexity index is 206. The lowest BCUT2D eigenvalue weighted by Crippen LogP contribution is -2.29. The number of rotatable bonds is 6. The summed E-state index contributed by atoms with van der Waals surface area (Å²) in [5.41, 5.74) is 0. The number of nitrogens with zero attached hydrogens (tertiary/aromatic N) is 2. The van der Waals surface area contributed by atoms with Crippen LogP contribution in [-0.2, 0) is 0 Å². The van der Waals surface area contributed by atoms with Crippen LogP contribution in [0.15, 0.2) is 0 Å². The molecule has 2 unspecified atom stereocenters. The maximum atomic E-state index is 2.61. The molecule has 5 heteroatoms. The van der Waals surface area contributed by atoms with E-state index in [0.717, 1.165) is 12.1 Å². The van der Waals surface area contributed by atoms with Crippen molar-refractivity contribution >= 4 is 37.2 Å². The predicted octanol–water partition coefficient (Wildman–Crippen LogP) is 5.81. The Labute approximate surface area is 164 Å². The molecule has 2 aliphatic rings. The van der Waals surface area contributed by atoms with Gasteiger partial charge < -0.3 is 9.80 Å². The summed E-state index contributed by atoms with van der Waals surface area (Å²) in [6.45, 7) is 14.6. The van der Waals surface area contributed by atoms with Gasteiger partial charge in [0.1, 0.15) is 0 Å². The van der Waals surface area contributed by atoms with Gasteiger partial charge in [0.15, 0.2) is 0 Å². The van der Waals surface area contributed by atoms with Crippen LogP contribution in [0.4, 0.5) is 0 Å². The Morgan fingerprint density at radius 3 is 1.09 bits per heavy atom. The summed E-state index contributed by atoms with van der Waals surface area (Å²) in [6.07, 6.45) is 11.1. The van der Waals surface area contributed by atoms with Crippen molar-refractivity contribution in [3.63, 3.8) is 0 Å². The van der Waals surface area contributed by atoms with Crippen molar-refractivity contribution in [2.75, 3.05) is 26.2 Å². The zero-order chi connectivity index (χ0) is 14.8. The van der Waals surface area contributed by atoms with Crippen molar-refractivity contribution in [1.29, 1.82) is 0 Å². The van der Waals surface area contributed by atoms with E-state index in [-0.39, 0.29) is 37.2 Å². The Morgan fingerprint density at radius 2 is 0.870 bits per heavy atom. The monoisotopic (exact) mass is 390 g/mol. The average Bonchev–Trinajstić information content (AvgIpc) is 3.14. The van der Waals surface area contributed by atoms with Gasteiger partial charge >= 0.3 is 0 Å². The van der Waals surface area contributed by atoms with Crippen molar-refractivity contribution in [1.82, 2.24) is 9.80 Å². The van der Waals surface area contributed by atoms with Crippen LogP contribution in [0.2, 0.25) is 0 Å². The molecule has 0 spiro atoms. The standard InChI is InChI=1S/2C9H19N.3ClH/c2*1-3-6-9(2)10-7-4-5-8-10;;;/h2*9H,3-8H2,1-2H3;3*1H. The topological polar surface area (TPSA) is 6.48 Å². The molecule has 2 nitrogen and oxygen atoms in total. The van der Waals surface area contributed by atoms with Crippen molar-refractivity contribution < 1.29 is 0 Å². The minimum absolute atomic E-state index is 0. The smallest absolute Gasteiger partial charge is 0.00668 e. The third-order valence-corrected chi connectivity index (χ3v) is 4.94. The van der Waals surface area contributed by atoms with Crippen LogP contribution >= 0.6 is 37.2 Å². The second-order valence-corrected chi connectivity index (χ2v) is 6.76. The molecule has 0 N–H and O–H groups in total. The van der Waals surface area contributed by atoms with Gasteiger partial charge in [-0.05, 0) is 78.6 Å². The van der Waals surface area contributed by atoms with E-state index in [1.807, 2.05) is 0 Å². The molecule has 2 atom stereocenters. The van der Waals surface area contributed by atoms with Crippen LogP contribution in [0.1, 0.15) is 79.1 Å². The number of halogens is 3. The fraction of sp³-hybridized carbons (Fsp3) is 1.00. The highest BCUT2D eigenvalue weighted by molar-refractivity contribution is 5.86. The molecular weight excluding hydrogens is 351 g/mol. The first-order valence-corrected chi connectivity index (χ1v) is 9.17. The fourth-order valence-electron chi connectivity index (χ4n) is 3.57. The van der Waals surface area contributed by atoms with Gasteiger partial charge in [-0.25, -0.2) is 0 Å². The zero-order valence-corrected chi connectivity index (χ0v) is 18.2. The third-order valence-electron chi connectivity index (χ3n) is 4.94. The highest BCUT2D eigenvalue weighted by Crippen LogP contribution is 2.15. The Hall–Kier alpha value is 0.790. The quantitative estimate of drug-likeness (QED) is 0.564. The van der Waals surface area contributed by atoms with Gasteiger partial charge in [0.05, 0.1) is 0 Å². The lowest BCUT2D eigenvalue weighted by atomic mass is 10.2. The number of likely N-dealkylation sites (tertiary alicyclic amines) is 2. The first-order chi connectivity index (χ1) is 9.69. The normalized spacial score (nSPS) is 20.3. The first kappa shape index (κ1) is 28.6. The predicted molar refractivity (Wildman–Crippen MR) is 112 cm³/mol. The highest BCUT2D eigenvalue weighted by atomic mass is 35.5. The molecule has 0 bridgehead atoms. The van der Waals surface area contributed by atoms with Gasteiger partial charge in [-0.2, -0.15) is 0 Å². The summed E-state index contributed by atoms with van der Waals surface area (Å²) in [4.78, 5) is 5.23. The minimum atomic E-state index is 0. The maximum absolute atomic E-state index is 2.61. The lowest BCUT2D eigenvalue weighted by Gasteiger charge is -2.22. The zero-order valence-electron chi connectivity index (χ0n) is 15.8. The van der Waals surface area contributed by atoms with Crippen molar-refractivity contribution in [2.24, 2.45) is 0 Å². The van der Waals surface area contributed by atoms with E-state index in [2.05, 4.69) is 37.5 Å². The molecule has 0 radical (unpaired) electrons. The van der Waals surface area contributed by atoms with E-state index in [4.69, 9.17) is 0 Å². The molecule has 2 fully saturated rings. The molecule has 0 amide bonds. The maximum Gasteiger partial charge on any atom is 0.00668 e. The first-order valence-electron chi connectivity index (χ1n) is 9.17. The van der Waals surface area contributed by atoms with E-state index in [1.54, 1.807) is 0 Å². The van der Waals surface area contributed by atoms with Gasteiger partial charge in [-0.15, -0.1) is 37.2 Å². The second kappa shape index (κ2) is 17.6. The lowest BCUT2D eigenvalue weighted by molar-refractivity contribution is 0.246. The highest BCUT2D eigenvalue weighted by Gasteiger charge is 2.17. The average molecular weight is 392 g/mol. The second-order valence-electron chi connectivity index (χ2n) is 6.76. The van der Waals surface area contributed by atoms with Gasteiger partial charge in [0.25, 0.3) is 0 Å². The van der Waals surface area contributed by atoms with E-state index in [1.165, 1.54) is 77.5 Å². The number of hydrogen-bond donors (Lipinski definition) is 0. The molecule has 0 aromatic heterocycles. The number of hydrogen-bond acceptors (Lipinski definition) is 2. The molecular formula is C18H41Cl3N2. The summed E-state index contributed by atoms with van der Waals surface area (Å²) in [7, 11) is 0. The molecule has 0 aromatic carbocycles. The molecule has 0 saturated carbocycles. The van der Waals surface area contributed by atoms with Crippen LogP contribution < -0.4 is 0 Å². The summed E-state index contributed by atoms with van der Waals surface area (Å²) < 4.78 is 0. The Kier molecular flexibility index (Phi) is 21.9. The summed E-state index contributed by atoms with van der Waals surface area (Å²) in [5, 5.41) is 0. The van der Waals surface area contributed by atoms with Crippen molar-refractivity contribution in [3.8, 4) is 0 Å². The van der Waals surface area contributed by atoms with Crippen LogP contribution in [-0.4, -0.2) is 48.1 Å². The minimum Gasteiger partial charge on any atom is -0.301 e. The third kappa shape index (κ3) is 11.9. The van der Waals surface area contributed by atoms with E-state index in [9.17, 15) is 0 Å². The molecule has 23 heavy (non-hydrogen) atoms. The molecule has 144 valence electrons. The molecule has 0 aliphatic carbocycles. The Morgan fingerprint density at radius 1 is 0.609 bits per heavy atom. The van der Waals surface area contributed by atoms with Crippen LogP contribution in [0.25, 0.3) is 0 Å². The summed E-state index contributed by atoms with van der Waals surface area (Å²) in [5.74, 6) is 0. The summed E-state index contributed by atoms with van der Waals surface area (Å²) >= 11 is 0. The van der Waals surface area contributed by atoms with Gasteiger partial charge in [0.2, 0.25) is 0 Å². The van der Waals surface area contributed by atoms with E-state index < -0.39 is 0 Å². The van der Waals surface area contributed by atoms with E-state index in [0.29, 0.717) is 0 Å². The molecule has 2 aliphatic heterocycles. The molecule has 2 saturated heterocycles. The van der Waals surface area contributed by atoms with Crippen molar-refractivity contribution in [3.05, 3.63) is 0 Å². The van der Waals surface area contributed by atoms with Crippen LogP contribution in [0, 0.1) is 0 Å². The van der Waals surface area contributed by atoms with Crippen LogP contribution in [0.3, 0.4) is 0 Å². The largest absolute Gasteiger partial charge is 0.301 e. The molecule has 0 aromatic rings.